The molecule has 0 amide bonds. The number of imidazole rings is 1. The second-order valence-electron chi connectivity index (χ2n) is 7.40. The molecule has 0 aromatic carbocycles. The molecule has 1 atom stereocenters. The van der Waals surface area contributed by atoms with Gasteiger partial charge in [0.2, 0.25) is 0 Å². The molecule has 0 saturated heterocycles. The highest BCUT2D eigenvalue weighted by atomic mass is 35.5. The summed E-state index contributed by atoms with van der Waals surface area (Å²) in [7, 11) is 0. The van der Waals surface area contributed by atoms with Crippen LogP contribution < -0.4 is 0 Å². The smallest absolute Gasteiger partial charge is 0.0952 e. The van der Waals surface area contributed by atoms with Crippen LogP contribution in [0.3, 0.4) is 0 Å². The largest absolute Gasteiger partial charge is 0.334 e. The maximum Gasteiger partial charge on any atom is 0.0952 e. The Bertz CT molecular complexity index is 444. The van der Waals surface area contributed by atoms with Gasteiger partial charge in [-0.15, -0.1) is 11.6 Å². The van der Waals surface area contributed by atoms with Crippen LogP contribution in [0.4, 0.5) is 0 Å². The molecule has 0 spiro atoms. The molecule has 0 radical (unpaired) electrons. The Hall–Kier alpha value is -0.500. The lowest BCUT2D eigenvalue weighted by Crippen LogP contribution is -2.49. The standard InChI is InChI=1S/C16H23ClN2/c1-11(19-9-15(8-17)18-10-19)16-5-12-2-13(6-16)4-14(3-12)7-16/h9-14H,2-8H2,1H3. The van der Waals surface area contributed by atoms with E-state index < -0.39 is 0 Å². The molecule has 4 bridgehead atoms. The molecule has 5 rings (SSSR count). The lowest BCUT2D eigenvalue weighted by molar-refractivity contribution is -0.0788. The summed E-state index contributed by atoms with van der Waals surface area (Å²) in [5.74, 6) is 3.58. The maximum absolute atomic E-state index is 5.89. The van der Waals surface area contributed by atoms with Gasteiger partial charge in [-0.05, 0) is 68.6 Å². The second-order valence-corrected chi connectivity index (χ2v) is 7.67. The molecule has 104 valence electrons. The van der Waals surface area contributed by atoms with E-state index in [9.17, 15) is 0 Å². The summed E-state index contributed by atoms with van der Waals surface area (Å²) in [5, 5.41) is 0. The summed E-state index contributed by atoms with van der Waals surface area (Å²) >= 11 is 5.89. The number of halogens is 1. The minimum atomic E-state index is 0.528. The number of hydrogen-bond donors (Lipinski definition) is 0. The fourth-order valence-corrected chi connectivity index (χ4v) is 5.80. The Labute approximate surface area is 120 Å². The van der Waals surface area contributed by atoms with Crippen molar-refractivity contribution in [2.24, 2.45) is 23.2 Å². The third kappa shape index (κ3) is 1.86. The van der Waals surface area contributed by atoms with Crippen molar-refractivity contribution >= 4 is 11.6 Å². The van der Waals surface area contributed by atoms with Gasteiger partial charge >= 0.3 is 0 Å². The van der Waals surface area contributed by atoms with E-state index in [0.29, 0.717) is 17.3 Å². The van der Waals surface area contributed by atoms with E-state index >= 15 is 0 Å². The lowest BCUT2D eigenvalue weighted by atomic mass is 9.48. The number of aromatic nitrogens is 2. The Balaban J connectivity index is 1.63. The quantitative estimate of drug-likeness (QED) is 0.750. The first-order valence-electron chi connectivity index (χ1n) is 7.77. The zero-order chi connectivity index (χ0) is 13.0. The molecule has 1 aromatic rings. The summed E-state index contributed by atoms with van der Waals surface area (Å²) in [4.78, 5) is 4.41. The Morgan fingerprint density at radius 1 is 1.26 bits per heavy atom. The highest BCUT2D eigenvalue weighted by Gasteiger charge is 2.53. The van der Waals surface area contributed by atoms with Crippen molar-refractivity contribution in [2.75, 3.05) is 0 Å². The summed E-state index contributed by atoms with van der Waals surface area (Å²) in [6.07, 6.45) is 13.1. The fraction of sp³-hybridized carbons (Fsp3) is 0.812. The number of nitrogens with zero attached hydrogens (tertiary/aromatic N) is 2. The van der Waals surface area contributed by atoms with Crippen LogP contribution >= 0.6 is 11.6 Å². The van der Waals surface area contributed by atoms with E-state index in [1.165, 1.54) is 38.5 Å². The molecule has 0 aliphatic heterocycles. The summed E-state index contributed by atoms with van der Waals surface area (Å²) < 4.78 is 2.34. The minimum Gasteiger partial charge on any atom is -0.334 e. The SMILES string of the molecule is CC(n1cnc(CCl)c1)C12CC3CC(CC(C3)C1)C2. The zero-order valence-corrected chi connectivity index (χ0v) is 12.4. The van der Waals surface area contributed by atoms with Crippen molar-refractivity contribution in [2.45, 2.75) is 57.4 Å². The monoisotopic (exact) mass is 278 g/mol. The lowest BCUT2D eigenvalue weighted by Gasteiger charge is -2.59. The Morgan fingerprint density at radius 2 is 1.84 bits per heavy atom. The molecular weight excluding hydrogens is 256 g/mol. The van der Waals surface area contributed by atoms with Crippen molar-refractivity contribution in [1.82, 2.24) is 9.55 Å². The molecular formula is C16H23ClN2. The third-order valence-corrected chi connectivity index (χ3v) is 6.48. The van der Waals surface area contributed by atoms with Crippen LogP contribution in [0.5, 0.6) is 0 Å². The molecule has 4 saturated carbocycles. The van der Waals surface area contributed by atoms with Gasteiger partial charge in [0, 0.05) is 12.2 Å². The van der Waals surface area contributed by atoms with Gasteiger partial charge in [0.05, 0.1) is 17.9 Å². The molecule has 1 heterocycles. The van der Waals surface area contributed by atoms with Crippen LogP contribution in [-0.4, -0.2) is 9.55 Å². The first-order chi connectivity index (χ1) is 9.18. The van der Waals surface area contributed by atoms with Crippen molar-refractivity contribution in [3.05, 3.63) is 18.2 Å². The van der Waals surface area contributed by atoms with Crippen LogP contribution in [0.1, 0.15) is 57.2 Å². The van der Waals surface area contributed by atoms with E-state index in [1.54, 1.807) is 0 Å². The minimum absolute atomic E-state index is 0.528. The van der Waals surface area contributed by atoms with Gasteiger partial charge in [-0.1, -0.05) is 0 Å². The van der Waals surface area contributed by atoms with Crippen molar-refractivity contribution in [3.8, 4) is 0 Å². The normalized spacial score (nSPS) is 41.7. The van der Waals surface area contributed by atoms with E-state index in [2.05, 4.69) is 22.7 Å². The van der Waals surface area contributed by atoms with Crippen molar-refractivity contribution in [3.63, 3.8) is 0 Å². The van der Waals surface area contributed by atoms with E-state index in [-0.39, 0.29) is 0 Å². The Morgan fingerprint density at radius 3 is 2.32 bits per heavy atom. The average molecular weight is 279 g/mol. The van der Waals surface area contributed by atoms with Gasteiger partial charge in [0.15, 0.2) is 0 Å². The molecule has 19 heavy (non-hydrogen) atoms. The van der Waals surface area contributed by atoms with Gasteiger partial charge in [0.25, 0.3) is 0 Å². The highest BCUT2D eigenvalue weighted by Crippen LogP contribution is 2.63. The summed E-state index contributed by atoms with van der Waals surface area (Å²) in [6.45, 7) is 2.41. The molecule has 4 aliphatic carbocycles. The van der Waals surface area contributed by atoms with Crippen LogP contribution in [0.2, 0.25) is 0 Å². The van der Waals surface area contributed by atoms with Gasteiger partial charge in [-0.3, -0.25) is 0 Å². The summed E-state index contributed by atoms with van der Waals surface area (Å²) in [5.41, 5.74) is 1.57. The predicted octanol–water partition coefficient (Wildman–Crippen LogP) is 4.40. The Kier molecular flexibility index (Phi) is 2.74. The predicted molar refractivity (Wildman–Crippen MR) is 77.1 cm³/mol. The number of hydrogen-bond acceptors (Lipinski definition) is 1. The van der Waals surface area contributed by atoms with Crippen LogP contribution in [-0.2, 0) is 5.88 Å². The molecule has 0 N–H and O–H groups in total. The molecule has 2 nitrogen and oxygen atoms in total. The van der Waals surface area contributed by atoms with Crippen LogP contribution in [0.25, 0.3) is 0 Å². The fourth-order valence-electron chi connectivity index (χ4n) is 5.67. The first kappa shape index (κ1) is 12.3. The molecule has 1 aromatic heterocycles. The maximum atomic E-state index is 5.89. The third-order valence-electron chi connectivity index (χ3n) is 6.21. The highest BCUT2D eigenvalue weighted by molar-refractivity contribution is 6.16. The molecule has 4 aliphatic rings. The van der Waals surface area contributed by atoms with Gasteiger partial charge < -0.3 is 4.57 Å². The van der Waals surface area contributed by atoms with Crippen molar-refractivity contribution in [1.29, 1.82) is 0 Å². The topological polar surface area (TPSA) is 17.8 Å². The van der Waals surface area contributed by atoms with E-state index in [0.717, 1.165) is 23.4 Å². The molecule has 3 heteroatoms. The number of rotatable bonds is 3. The van der Waals surface area contributed by atoms with Crippen molar-refractivity contribution < 1.29 is 0 Å². The number of alkyl halides is 1. The van der Waals surface area contributed by atoms with Crippen LogP contribution in [0.15, 0.2) is 12.5 Å². The second kappa shape index (κ2) is 4.25. The van der Waals surface area contributed by atoms with E-state index in [1.807, 2.05) is 6.33 Å². The van der Waals surface area contributed by atoms with Gasteiger partial charge in [-0.25, -0.2) is 4.98 Å². The zero-order valence-electron chi connectivity index (χ0n) is 11.7. The molecule has 4 fully saturated rings. The van der Waals surface area contributed by atoms with Gasteiger partial charge in [-0.2, -0.15) is 0 Å². The first-order valence-corrected chi connectivity index (χ1v) is 8.30. The van der Waals surface area contributed by atoms with E-state index in [4.69, 9.17) is 11.6 Å². The average Bonchev–Trinajstić information content (AvgIpc) is 2.84. The van der Waals surface area contributed by atoms with Gasteiger partial charge in [0.1, 0.15) is 0 Å². The summed E-state index contributed by atoms with van der Waals surface area (Å²) in [6, 6.07) is 0.588. The van der Waals surface area contributed by atoms with Crippen LogP contribution in [0, 0.1) is 23.2 Å². The molecule has 1 unspecified atom stereocenters.